The van der Waals surface area contributed by atoms with Gasteiger partial charge in [0.1, 0.15) is 4.21 Å². The number of aromatic nitrogens is 2. The summed E-state index contributed by atoms with van der Waals surface area (Å²) in [5, 5.41) is 5.97. The Bertz CT molecular complexity index is 1810. The monoisotopic (exact) mass is 622 g/mol. The molecular formula is C25H24Cl2N6O5S2. The van der Waals surface area contributed by atoms with Crippen LogP contribution in [0.5, 0.6) is 0 Å². The number of aromatic amines is 1. The Kier molecular flexibility index (Phi) is 8.19. The number of rotatable bonds is 8. The first-order valence-corrected chi connectivity index (χ1v) is 15.3. The number of halogens is 2. The van der Waals surface area contributed by atoms with Gasteiger partial charge in [-0.15, -0.1) is 11.3 Å². The Hall–Kier alpha value is -3.36. The fourth-order valence-electron chi connectivity index (χ4n) is 4.45. The third-order valence-corrected chi connectivity index (χ3v) is 9.70. The number of nitrogens with one attached hydrogen (secondary N) is 4. The van der Waals surface area contributed by atoms with Crippen LogP contribution in [-0.2, 0) is 10.0 Å². The van der Waals surface area contributed by atoms with Crippen molar-refractivity contribution in [3.8, 4) is 5.69 Å². The second-order valence-corrected chi connectivity index (χ2v) is 13.1. The van der Waals surface area contributed by atoms with Crippen LogP contribution < -0.4 is 26.6 Å². The number of likely N-dealkylation sites (tertiary alicyclic amines) is 1. The highest BCUT2D eigenvalue weighted by atomic mass is 35.5. The van der Waals surface area contributed by atoms with Gasteiger partial charge in [0, 0.05) is 24.5 Å². The van der Waals surface area contributed by atoms with Gasteiger partial charge in [-0.2, -0.15) is 0 Å². The average molecular weight is 624 g/mol. The Balaban J connectivity index is 1.32. The molecule has 2 amide bonds. The van der Waals surface area contributed by atoms with E-state index in [1.165, 1.54) is 43.2 Å². The molecule has 4 aromatic rings. The topological polar surface area (TPSA) is 145 Å². The molecule has 0 radical (unpaired) electrons. The first-order chi connectivity index (χ1) is 19.1. The zero-order valence-electron chi connectivity index (χ0n) is 20.9. The molecule has 0 bridgehead atoms. The Morgan fingerprint density at radius 1 is 1.00 bits per heavy atom. The molecule has 40 heavy (non-hydrogen) atoms. The molecule has 1 aliphatic rings. The lowest BCUT2D eigenvalue weighted by Gasteiger charge is -2.15. The largest absolute Gasteiger partial charge is 0.384 e. The number of benzene rings is 2. The molecular weight excluding hydrogens is 599 g/mol. The molecule has 4 N–H and O–H groups in total. The Morgan fingerprint density at radius 2 is 1.75 bits per heavy atom. The number of thiophene rings is 1. The first kappa shape index (κ1) is 28.2. The Morgan fingerprint density at radius 3 is 2.45 bits per heavy atom. The van der Waals surface area contributed by atoms with Gasteiger partial charge < -0.3 is 20.5 Å². The van der Waals surface area contributed by atoms with Crippen LogP contribution in [0.1, 0.15) is 12.8 Å². The Labute approximate surface area is 242 Å². The predicted molar refractivity (Wildman–Crippen MR) is 158 cm³/mol. The normalized spacial score (nSPS) is 13.9. The van der Waals surface area contributed by atoms with Crippen molar-refractivity contribution in [3.63, 3.8) is 0 Å². The number of carbonyl (C=O) groups excluding carboxylic acids is 1. The molecule has 3 heterocycles. The van der Waals surface area contributed by atoms with Crippen LogP contribution in [0.2, 0.25) is 9.36 Å². The van der Waals surface area contributed by atoms with E-state index in [2.05, 4.69) is 20.5 Å². The molecule has 0 spiro atoms. The maximum Gasteiger partial charge on any atom is 0.333 e. The minimum absolute atomic E-state index is 0.0159. The van der Waals surface area contributed by atoms with Crippen LogP contribution in [-0.4, -0.2) is 55.1 Å². The van der Waals surface area contributed by atoms with Crippen molar-refractivity contribution in [1.29, 1.82) is 0 Å². The minimum atomic E-state index is -4.12. The number of fused-ring (bicyclic) bond motifs is 1. The maximum atomic E-state index is 13.3. The lowest BCUT2D eigenvalue weighted by molar-refractivity contribution is 0.256. The van der Waals surface area contributed by atoms with E-state index in [9.17, 15) is 22.8 Å². The van der Waals surface area contributed by atoms with Crippen molar-refractivity contribution in [1.82, 2.24) is 19.2 Å². The fourth-order valence-corrected chi connectivity index (χ4v) is 7.10. The summed E-state index contributed by atoms with van der Waals surface area (Å²) in [4.78, 5) is 43.6. The van der Waals surface area contributed by atoms with E-state index < -0.39 is 27.3 Å². The molecule has 5 rings (SSSR count). The number of amides is 2. The van der Waals surface area contributed by atoms with Gasteiger partial charge in [-0.1, -0.05) is 23.2 Å². The van der Waals surface area contributed by atoms with Crippen molar-refractivity contribution in [2.75, 3.05) is 36.8 Å². The molecule has 1 aliphatic heterocycles. The molecule has 1 fully saturated rings. The van der Waals surface area contributed by atoms with Gasteiger partial charge in [0.2, 0.25) is 0 Å². The summed E-state index contributed by atoms with van der Waals surface area (Å²) in [6.45, 7) is 3.87. The molecule has 0 aliphatic carbocycles. The van der Waals surface area contributed by atoms with Crippen LogP contribution >= 0.6 is 34.5 Å². The summed E-state index contributed by atoms with van der Waals surface area (Å²) in [7, 11) is -4.12. The zero-order chi connectivity index (χ0) is 28.4. The summed E-state index contributed by atoms with van der Waals surface area (Å²) in [6, 6.07) is 10.9. The van der Waals surface area contributed by atoms with Crippen LogP contribution in [0.15, 0.2) is 62.3 Å². The zero-order valence-corrected chi connectivity index (χ0v) is 24.0. The van der Waals surface area contributed by atoms with Gasteiger partial charge in [0.05, 0.1) is 25.9 Å². The molecule has 11 nitrogen and oxygen atoms in total. The molecule has 0 unspecified atom stereocenters. The lowest BCUT2D eigenvalue weighted by atomic mass is 10.2. The quantitative estimate of drug-likeness (QED) is 0.232. The molecule has 1 saturated heterocycles. The van der Waals surface area contributed by atoms with Gasteiger partial charge in [-0.05, 0) is 74.5 Å². The van der Waals surface area contributed by atoms with E-state index in [0.29, 0.717) is 10.9 Å². The third-order valence-electron chi connectivity index (χ3n) is 6.34. The van der Waals surface area contributed by atoms with E-state index in [1.807, 2.05) is 4.72 Å². The highest BCUT2D eigenvalue weighted by Crippen LogP contribution is 2.26. The summed E-state index contributed by atoms with van der Waals surface area (Å²) in [6.07, 6.45) is 2.44. The second kappa shape index (κ2) is 11.6. The molecule has 2 aromatic carbocycles. The third kappa shape index (κ3) is 6.18. The van der Waals surface area contributed by atoms with Crippen molar-refractivity contribution in [3.05, 3.63) is 78.7 Å². The van der Waals surface area contributed by atoms with E-state index in [0.717, 1.165) is 47.8 Å². The van der Waals surface area contributed by atoms with Crippen molar-refractivity contribution < 1.29 is 13.2 Å². The van der Waals surface area contributed by atoms with Gasteiger partial charge in [0.25, 0.3) is 15.6 Å². The first-order valence-electron chi connectivity index (χ1n) is 12.2. The summed E-state index contributed by atoms with van der Waals surface area (Å²) < 4.78 is 27.6. The standard InChI is InChI=1S/C25H24Cl2N6O5S2/c26-18-13-16(29-24(35)31-40(37,38)22-8-7-21(27)39-22)4-6-20(18)33-23(34)17-5-3-15(14-19(17)30-25(33)36)28-9-12-32-10-1-2-11-32/h3-8,13-14,28H,1-2,9-12H2,(H,30,36)(H2,29,31,35). The van der Waals surface area contributed by atoms with Crippen LogP contribution in [0.25, 0.3) is 16.6 Å². The number of hydrogen-bond donors (Lipinski definition) is 4. The van der Waals surface area contributed by atoms with E-state index in [-0.39, 0.29) is 24.9 Å². The van der Waals surface area contributed by atoms with E-state index in [4.69, 9.17) is 23.2 Å². The smallest absolute Gasteiger partial charge is 0.333 e. The number of carbonyl (C=O) groups is 1. The van der Waals surface area contributed by atoms with Crippen molar-refractivity contribution in [2.45, 2.75) is 17.1 Å². The van der Waals surface area contributed by atoms with Crippen molar-refractivity contribution >= 4 is 72.9 Å². The minimum Gasteiger partial charge on any atom is -0.384 e. The van der Waals surface area contributed by atoms with Gasteiger partial charge >= 0.3 is 11.7 Å². The summed E-state index contributed by atoms with van der Waals surface area (Å²) in [5.41, 5.74) is 0.151. The lowest BCUT2D eigenvalue weighted by Crippen LogP contribution is -2.34. The fraction of sp³-hybridized carbons (Fsp3) is 0.240. The van der Waals surface area contributed by atoms with Crippen LogP contribution in [0, 0.1) is 0 Å². The SMILES string of the molecule is O=C(Nc1ccc(-n2c(=O)[nH]c3cc(NCCN4CCCC4)ccc3c2=O)c(Cl)c1)NS(=O)(=O)c1ccc(Cl)s1. The number of H-pyrrole nitrogens is 1. The molecule has 210 valence electrons. The number of hydrogen-bond acceptors (Lipinski definition) is 8. The summed E-state index contributed by atoms with van der Waals surface area (Å²) >= 11 is 13.0. The van der Waals surface area contributed by atoms with E-state index in [1.54, 1.807) is 18.2 Å². The number of sulfonamides is 1. The van der Waals surface area contributed by atoms with Crippen LogP contribution in [0.4, 0.5) is 16.2 Å². The number of anilines is 2. The van der Waals surface area contributed by atoms with Gasteiger partial charge in [-0.3, -0.25) is 4.79 Å². The van der Waals surface area contributed by atoms with Gasteiger partial charge in [0.15, 0.2) is 0 Å². The molecule has 2 aromatic heterocycles. The molecule has 15 heteroatoms. The average Bonchev–Trinajstić information content (AvgIpc) is 3.57. The molecule has 0 saturated carbocycles. The molecule has 0 atom stereocenters. The highest BCUT2D eigenvalue weighted by Gasteiger charge is 2.20. The number of urea groups is 1. The van der Waals surface area contributed by atoms with Gasteiger partial charge in [-0.25, -0.2) is 27.3 Å². The van der Waals surface area contributed by atoms with Crippen LogP contribution in [0.3, 0.4) is 0 Å². The van der Waals surface area contributed by atoms with Crippen molar-refractivity contribution in [2.24, 2.45) is 0 Å². The predicted octanol–water partition coefficient (Wildman–Crippen LogP) is 4.07. The summed E-state index contributed by atoms with van der Waals surface area (Å²) in [5.74, 6) is 0. The second-order valence-electron chi connectivity index (χ2n) is 9.09. The van der Waals surface area contributed by atoms with E-state index >= 15 is 0 Å². The number of nitrogens with zero attached hydrogens (tertiary/aromatic N) is 2. The maximum absolute atomic E-state index is 13.3. The highest BCUT2D eigenvalue weighted by molar-refractivity contribution is 7.92.